The van der Waals surface area contributed by atoms with Crippen LogP contribution in [0, 0.1) is 13.8 Å². The molecule has 0 spiro atoms. The van der Waals surface area contributed by atoms with E-state index >= 15 is 0 Å². The van der Waals surface area contributed by atoms with Crippen LogP contribution in [0.5, 0.6) is 0 Å². The van der Waals surface area contributed by atoms with Crippen LogP contribution in [0.1, 0.15) is 54.5 Å². The molecule has 2 aromatic heterocycles. The van der Waals surface area contributed by atoms with Gasteiger partial charge < -0.3 is 5.73 Å². The molecular weight excluding hydrogens is 280 g/mol. The highest BCUT2D eigenvalue weighted by Gasteiger charge is 2.01. The van der Waals surface area contributed by atoms with Gasteiger partial charge in [-0.2, -0.15) is 5.10 Å². The SMILES string of the molecule is CC.CCc1cn(C)nc1CN.CCc1nc(C)c(C)s1. The highest BCUT2D eigenvalue weighted by atomic mass is 32.1. The predicted molar refractivity (Wildman–Crippen MR) is 92.8 cm³/mol. The number of hydrogen-bond donors (Lipinski definition) is 1. The van der Waals surface area contributed by atoms with Crippen molar-refractivity contribution in [3.8, 4) is 0 Å². The number of thiazole rings is 1. The summed E-state index contributed by atoms with van der Waals surface area (Å²) in [7, 11) is 1.92. The summed E-state index contributed by atoms with van der Waals surface area (Å²) in [6.45, 7) is 13.0. The van der Waals surface area contributed by atoms with Crippen molar-refractivity contribution >= 4 is 11.3 Å². The first kappa shape index (κ1) is 19.8. The number of rotatable bonds is 3. The normalized spacial score (nSPS) is 9.52. The van der Waals surface area contributed by atoms with Gasteiger partial charge in [0.05, 0.1) is 16.4 Å². The fraction of sp³-hybridized carbons (Fsp3) is 0.625. The van der Waals surface area contributed by atoms with Gasteiger partial charge >= 0.3 is 0 Å². The fourth-order valence-electron chi connectivity index (χ4n) is 1.74. The first-order valence-corrected chi connectivity index (χ1v) is 8.47. The Labute approximate surface area is 133 Å². The highest BCUT2D eigenvalue weighted by molar-refractivity contribution is 7.11. The topological polar surface area (TPSA) is 56.7 Å². The maximum Gasteiger partial charge on any atom is 0.0928 e. The van der Waals surface area contributed by atoms with Gasteiger partial charge in [-0.25, -0.2) is 4.98 Å². The van der Waals surface area contributed by atoms with Crippen molar-refractivity contribution < 1.29 is 0 Å². The Balaban J connectivity index is 0.000000342. The Bertz CT molecular complexity index is 473. The molecule has 5 heteroatoms. The Morgan fingerprint density at radius 3 is 2.10 bits per heavy atom. The van der Waals surface area contributed by atoms with Crippen molar-refractivity contribution in [1.82, 2.24) is 14.8 Å². The molecule has 2 rings (SSSR count). The molecule has 0 aliphatic rings. The summed E-state index contributed by atoms with van der Waals surface area (Å²) >= 11 is 1.80. The van der Waals surface area contributed by atoms with Gasteiger partial charge in [0, 0.05) is 24.7 Å². The smallest absolute Gasteiger partial charge is 0.0928 e. The number of aryl methyl sites for hydroxylation is 5. The van der Waals surface area contributed by atoms with Crippen LogP contribution >= 0.6 is 11.3 Å². The summed E-state index contributed by atoms with van der Waals surface area (Å²) < 4.78 is 1.81. The summed E-state index contributed by atoms with van der Waals surface area (Å²) in [6.07, 6.45) is 4.10. The van der Waals surface area contributed by atoms with E-state index in [-0.39, 0.29) is 0 Å². The van der Waals surface area contributed by atoms with Gasteiger partial charge in [0.25, 0.3) is 0 Å². The second-order valence-corrected chi connectivity index (χ2v) is 5.72. The number of hydrogen-bond acceptors (Lipinski definition) is 4. The Morgan fingerprint density at radius 2 is 1.81 bits per heavy atom. The van der Waals surface area contributed by atoms with Crippen molar-refractivity contribution in [3.05, 3.63) is 33.0 Å². The minimum atomic E-state index is 0.546. The Morgan fingerprint density at radius 1 is 1.19 bits per heavy atom. The second kappa shape index (κ2) is 10.5. The second-order valence-electron chi connectivity index (χ2n) is 4.44. The first-order valence-electron chi connectivity index (χ1n) is 7.66. The van der Waals surface area contributed by atoms with E-state index in [0.717, 1.165) is 18.5 Å². The molecule has 0 bridgehead atoms. The zero-order chi connectivity index (χ0) is 16.4. The minimum absolute atomic E-state index is 0.546. The van der Waals surface area contributed by atoms with Crippen molar-refractivity contribution in [2.24, 2.45) is 12.8 Å². The monoisotopic (exact) mass is 310 g/mol. The largest absolute Gasteiger partial charge is 0.325 e. The quantitative estimate of drug-likeness (QED) is 0.938. The van der Waals surface area contributed by atoms with Crippen LogP contribution in [-0.4, -0.2) is 14.8 Å². The molecule has 0 amide bonds. The number of aromatic nitrogens is 3. The van der Waals surface area contributed by atoms with Crippen molar-refractivity contribution in [3.63, 3.8) is 0 Å². The molecule has 2 aromatic rings. The number of nitrogens with zero attached hydrogens (tertiary/aromatic N) is 3. The molecule has 120 valence electrons. The third-order valence-corrected chi connectivity index (χ3v) is 4.16. The standard InChI is InChI=1S/C7H13N3.C7H11NS.C2H6/c1-3-6-5-10(2)9-7(6)4-8;1-4-7-8-5(2)6(3)9-7;1-2/h5H,3-4,8H2,1-2H3;4H2,1-3H3;1-2H3. The fourth-order valence-corrected chi connectivity index (χ4v) is 2.61. The van der Waals surface area contributed by atoms with Gasteiger partial charge in [-0.15, -0.1) is 11.3 Å². The molecule has 0 saturated carbocycles. The summed E-state index contributed by atoms with van der Waals surface area (Å²) in [6, 6.07) is 0. The molecular formula is C16H30N4S. The minimum Gasteiger partial charge on any atom is -0.325 e. The van der Waals surface area contributed by atoms with Gasteiger partial charge in [-0.1, -0.05) is 27.7 Å². The summed E-state index contributed by atoms with van der Waals surface area (Å²) in [5, 5.41) is 5.45. The molecule has 0 radical (unpaired) electrons. The average Bonchev–Trinajstić information content (AvgIpc) is 3.04. The molecule has 0 unspecified atom stereocenters. The summed E-state index contributed by atoms with van der Waals surface area (Å²) in [5.74, 6) is 0. The number of nitrogens with two attached hydrogens (primary N) is 1. The first-order chi connectivity index (χ1) is 10.0. The molecule has 0 saturated heterocycles. The maximum absolute atomic E-state index is 5.46. The molecule has 0 atom stereocenters. The van der Waals surface area contributed by atoms with E-state index in [9.17, 15) is 0 Å². The lowest BCUT2D eigenvalue weighted by Gasteiger charge is -1.90. The van der Waals surface area contributed by atoms with E-state index in [4.69, 9.17) is 5.73 Å². The third-order valence-electron chi connectivity index (χ3n) is 2.94. The van der Waals surface area contributed by atoms with Crippen molar-refractivity contribution in [2.75, 3.05) is 0 Å². The van der Waals surface area contributed by atoms with Crippen LogP contribution in [0.15, 0.2) is 6.20 Å². The molecule has 0 aliphatic heterocycles. The van der Waals surface area contributed by atoms with Crippen LogP contribution in [-0.2, 0) is 26.4 Å². The molecule has 0 aromatic carbocycles. The molecule has 2 N–H and O–H groups in total. The lowest BCUT2D eigenvalue weighted by atomic mass is 10.2. The molecule has 0 fully saturated rings. The summed E-state index contributed by atoms with van der Waals surface area (Å²) in [5.41, 5.74) is 8.93. The van der Waals surface area contributed by atoms with E-state index in [1.165, 1.54) is 21.1 Å². The van der Waals surface area contributed by atoms with Crippen LogP contribution in [0.25, 0.3) is 0 Å². The highest BCUT2D eigenvalue weighted by Crippen LogP contribution is 2.16. The zero-order valence-corrected chi connectivity index (χ0v) is 15.3. The molecule has 0 aliphatic carbocycles. The van der Waals surface area contributed by atoms with Gasteiger partial charge in [0.1, 0.15) is 0 Å². The lowest BCUT2D eigenvalue weighted by Crippen LogP contribution is -2.00. The van der Waals surface area contributed by atoms with Crippen molar-refractivity contribution in [2.45, 2.75) is 60.9 Å². The summed E-state index contributed by atoms with van der Waals surface area (Å²) in [4.78, 5) is 5.70. The van der Waals surface area contributed by atoms with Crippen molar-refractivity contribution in [1.29, 1.82) is 0 Å². The van der Waals surface area contributed by atoms with Gasteiger partial charge in [-0.05, 0) is 32.3 Å². The molecule has 2 heterocycles. The lowest BCUT2D eigenvalue weighted by molar-refractivity contribution is 0.742. The predicted octanol–water partition coefficient (Wildman–Crippen LogP) is 3.79. The van der Waals surface area contributed by atoms with E-state index < -0.39 is 0 Å². The van der Waals surface area contributed by atoms with Crippen LogP contribution in [0.4, 0.5) is 0 Å². The van der Waals surface area contributed by atoms with Gasteiger partial charge in [0.15, 0.2) is 0 Å². The Hall–Kier alpha value is -1.20. The Kier molecular flexibility index (Phi) is 9.91. The van der Waals surface area contributed by atoms with Gasteiger partial charge in [-0.3, -0.25) is 4.68 Å². The van der Waals surface area contributed by atoms with Crippen LogP contribution in [0.3, 0.4) is 0 Å². The molecule has 21 heavy (non-hydrogen) atoms. The van der Waals surface area contributed by atoms with Crippen LogP contribution < -0.4 is 5.73 Å². The van der Waals surface area contributed by atoms with E-state index in [2.05, 4.69) is 37.8 Å². The molecule has 4 nitrogen and oxygen atoms in total. The van der Waals surface area contributed by atoms with Gasteiger partial charge in [0.2, 0.25) is 0 Å². The van der Waals surface area contributed by atoms with Crippen LogP contribution in [0.2, 0.25) is 0 Å². The third kappa shape index (κ3) is 6.40. The van der Waals surface area contributed by atoms with E-state index in [0.29, 0.717) is 6.54 Å². The zero-order valence-electron chi connectivity index (χ0n) is 14.5. The van der Waals surface area contributed by atoms with E-state index in [1.54, 1.807) is 16.0 Å². The average molecular weight is 311 g/mol. The van der Waals surface area contributed by atoms with E-state index in [1.807, 2.05) is 27.1 Å². The maximum atomic E-state index is 5.46.